The van der Waals surface area contributed by atoms with E-state index >= 15 is 0 Å². The molecule has 1 amide bonds. The summed E-state index contributed by atoms with van der Waals surface area (Å²) >= 11 is 3.28. The summed E-state index contributed by atoms with van der Waals surface area (Å²) in [4.78, 5) is 31.0. The van der Waals surface area contributed by atoms with Gasteiger partial charge in [-0.05, 0) is 54.1 Å². The number of thiazole rings is 1. The standard InChI is InChI=1S/C26H20FN3O3S2/c27-20-10-12-21(13-11-20)30(15-3-14-28)24(31)16-33-25(32)19-8-6-18(7-9-19)17-34-26-29-22-4-1-2-5-23(22)35-26/h1-2,4-13H,3,15-17H2. The molecular weight excluding hydrogens is 485 g/mol. The summed E-state index contributed by atoms with van der Waals surface area (Å²) in [7, 11) is 0. The third-order valence-corrected chi connectivity index (χ3v) is 7.29. The SMILES string of the molecule is N#CCCN(C(=O)COC(=O)c1ccc(CSc2nc3ccccc3s2)cc1)c1ccc(F)cc1. The molecule has 4 rings (SSSR count). The highest BCUT2D eigenvalue weighted by atomic mass is 32.2. The van der Waals surface area contributed by atoms with Crippen LogP contribution in [0.15, 0.2) is 77.1 Å². The number of nitrogens with zero attached hydrogens (tertiary/aromatic N) is 3. The molecule has 0 aliphatic rings. The Bertz CT molecular complexity index is 1330. The molecule has 0 radical (unpaired) electrons. The van der Waals surface area contributed by atoms with Gasteiger partial charge in [0.05, 0.1) is 28.3 Å². The predicted molar refractivity (Wildman–Crippen MR) is 135 cm³/mol. The molecule has 0 unspecified atom stereocenters. The average Bonchev–Trinajstić information content (AvgIpc) is 3.30. The lowest BCUT2D eigenvalue weighted by molar-refractivity contribution is -0.121. The van der Waals surface area contributed by atoms with Crippen LogP contribution in [0.3, 0.4) is 0 Å². The van der Waals surface area contributed by atoms with Crippen molar-refractivity contribution in [1.82, 2.24) is 4.98 Å². The number of carbonyl (C=O) groups is 2. The van der Waals surface area contributed by atoms with E-state index in [0.29, 0.717) is 17.0 Å². The molecule has 6 nitrogen and oxygen atoms in total. The van der Waals surface area contributed by atoms with Gasteiger partial charge in [0.25, 0.3) is 5.91 Å². The number of hydrogen-bond donors (Lipinski definition) is 0. The minimum Gasteiger partial charge on any atom is -0.452 e. The van der Waals surface area contributed by atoms with E-state index in [1.165, 1.54) is 29.2 Å². The van der Waals surface area contributed by atoms with E-state index in [1.54, 1.807) is 35.2 Å². The van der Waals surface area contributed by atoms with E-state index in [-0.39, 0.29) is 13.0 Å². The summed E-state index contributed by atoms with van der Waals surface area (Å²) in [5.74, 6) is -0.846. The Labute approximate surface area is 210 Å². The molecule has 0 spiro atoms. The van der Waals surface area contributed by atoms with Crippen LogP contribution in [0, 0.1) is 17.1 Å². The number of benzene rings is 3. The highest BCUT2D eigenvalue weighted by molar-refractivity contribution is 8.00. The third kappa shape index (κ3) is 6.44. The molecular formula is C26H20FN3O3S2. The van der Waals surface area contributed by atoms with Crippen molar-refractivity contribution in [2.24, 2.45) is 0 Å². The third-order valence-electron chi connectivity index (χ3n) is 5.04. The van der Waals surface area contributed by atoms with E-state index in [4.69, 9.17) is 10.00 Å². The molecule has 1 aromatic heterocycles. The van der Waals surface area contributed by atoms with Gasteiger partial charge in [-0.2, -0.15) is 5.26 Å². The van der Waals surface area contributed by atoms with E-state index < -0.39 is 24.3 Å². The van der Waals surface area contributed by atoms with Crippen molar-refractivity contribution in [2.45, 2.75) is 16.5 Å². The van der Waals surface area contributed by atoms with Crippen molar-refractivity contribution in [2.75, 3.05) is 18.1 Å². The first-order valence-electron chi connectivity index (χ1n) is 10.7. The number of hydrogen-bond acceptors (Lipinski definition) is 7. The maximum Gasteiger partial charge on any atom is 0.338 e. The Morgan fingerprint density at radius 3 is 2.51 bits per heavy atom. The van der Waals surface area contributed by atoms with Gasteiger partial charge >= 0.3 is 5.97 Å². The number of carbonyl (C=O) groups excluding carboxylic acids is 2. The number of halogens is 1. The molecule has 3 aromatic carbocycles. The van der Waals surface area contributed by atoms with E-state index in [0.717, 1.165) is 20.1 Å². The van der Waals surface area contributed by atoms with Crippen LogP contribution in [-0.2, 0) is 15.3 Å². The number of rotatable bonds is 9. The van der Waals surface area contributed by atoms with Crippen LogP contribution < -0.4 is 4.90 Å². The Morgan fingerprint density at radius 2 is 1.80 bits per heavy atom. The molecule has 0 saturated carbocycles. The van der Waals surface area contributed by atoms with Crippen LogP contribution >= 0.6 is 23.1 Å². The Hall–Kier alpha value is -3.74. The van der Waals surface area contributed by atoms with E-state index in [2.05, 4.69) is 4.98 Å². The van der Waals surface area contributed by atoms with Gasteiger partial charge in [-0.1, -0.05) is 36.0 Å². The summed E-state index contributed by atoms with van der Waals surface area (Å²) in [6, 6.07) is 22.3. The number of nitriles is 1. The monoisotopic (exact) mass is 505 g/mol. The minimum absolute atomic E-state index is 0.0908. The summed E-state index contributed by atoms with van der Waals surface area (Å²) in [5.41, 5.74) is 2.77. The summed E-state index contributed by atoms with van der Waals surface area (Å²) in [6.07, 6.45) is 0.0908. The van der Waals surface area contributed by atoms with Gasteiger partial charge in [-0.3, -0.25) is 4.79 Å². The van der Waals surface area contributed by atoms with E-state index in [9.17, 15) is 14.0 Å². The van der Waals surface area contributed by atoms with Gasteiger partial charge in [0.15, 0.2) is 10.9 Å². The van der Waals surface area contributed by atoms with Crippen molar-refractivity contribution >= 4 is 50.9 Å². The van der Waals surface area contributed by atoms with Crippen molar-refractivity contribution < 1.29 is 18.7 Å². The van der Waals surface area contributed by atoms with Gasteiger partial charge in [0.1, 0.15) is 5.82 Å². The normalized spacial score (nSPS) is 10.6. The lowest BCUT2D eigenvalue weighted by Gasteiger charge is -2.21. The smallest absolute Gasteiger partial charge is 0.338 e. The minimum atomic E-state index is -0.622. The lowest BCUT2D eigenvalue weighted by Crippen LogP contribution is -2.35. The zero-order chi connectivity index (χ0) is 24.6. The van der Waals surface area contributed by atoms with Crippen LogP contribution in [0.25, 0.3) is 10.2 Å². The summed E-state index contributed by atoms with van der Waals surface area (Å²) < 4.78 is 20.5. The van der Waals surface area contributed by atoms with Crippen LogP contribution in [0.1, 0.15) is 22.3 Å². The number of ether oxygens (including phenoxy) is 1. The Balaban J connectivity index is 1.31. The van der Waals surface area contributed by atoms with Gasteiger partial charge < -0.3 is 9.64 Å². The van der Waals surface area contributed by atoms with Crippen LogP contribution in [0.4, 0.5) is 10.1 Å². The number of fused-ring (bicyclic) bond motifs is 1. The van der Waals surface area contributed by atoms with Crippen LogP contribution in [0.5, 0.6) is 0 Å². The molecule has 0 aliphatic carbocycles. The summed E-state index contributed by atoms with van der Waals surface area (Å²) in [5, 5.41) is 8.88. The highest BCUT2D eigenvalue weighted by Crippen LogP contribution is 2.31. The quantitative estimate of drug-likeness (QED) is 0.210. The molecule has 1 heterocycles. The second kappa shape index (κ2) is 11.6. The van der Waals surface area contributed by atoms with Crippen LogP contribution in [-0.4, -0.2) is 30.0 Å². The summed E-state index contributed by atoms with van der Waals surface area (Å²) in [6.45, 7) is -0.379. The molecule has 35 heavy (non-hydrogen) atoms. The maximum atomic E-state index is 13.2. The first-order chi connectivity index (χ1) is 17.0. The fourth-order valence-electron chi connectivity index (χ4n) is 3.26. The fourth-order valence-corrected chi connectivity index (χ4v) is 5.29. The Kier molecular flexibility index (Phi) is 8.08. The average molecular weight is 506 g/mol. The number of thioether (sulfide) groups is 1. The van der Waals surface area contributed by atoms with E-state index in [1.807, 2.05) is 42.5 Å². The molecule has 9 heteroatoms. The van der Waals surface area contributed by atoms with Crippen molar-refractivity contribution in [3.8, 4) is 6.07 Å². The zero-order valence-electron chi connectivity index (χ0n) is 18.5. The first kappa shape index (κ1) is 24.4. The number of aromatic nitrogens is 1. The second-order valence-corrected chi connectivity index (χ2v) is 9.69. The van der Waals surface area contributed by atoms with Crippen molar-refractivity contribution in [3.05, 3.63) is 89.7 Å². The molecule has 0 saturated heterocycles. The topological polar surface area (TPSA) is 83.3 Å². The van der Waals surface area contributed by atoms with Crippen LogP contribution in [0.2, 0.25) is 0 Å². The zero-order valence-corrected chi connectivity index (χ0v) is 20.2. The van der Waals surface area contributed by atoms with Gasteiger partial charge in [0, 0.05) is 18.0 Å². The number of esters is 1. The maximum absolute atomic E-state index is 13.2. The molecule has 0 bridgehead atoms. The molecule has 176 valence electrons. The number of para-hydroxylation sites is 1. The first-order valence-corrected chi connectivity index (χ1v) is 12.5. The fraction of sp³-hybridized carbons (Fsp3) is 0.154. The predicted octanol–water partition coefficient (Wildman–Crippen LogP) is 5.83. The van der Waals surface area contributed by atoms with Gasteiger partial charge in [0.2, 0.25) is 0 Å². The number of amides is 1. The Morgan fingerprint density at radius 1 is 1.06 bits per heavy atom. The molecule has 0 atom stereocenters. The molecule has 0 N–H and O–H groups in total. The molecule has 4 aromatic rings. The number of anilines is 1. The molecule has 0 fully saturated rings. The second-order valence-electron chi connectivity index (χ2n) is 7.44. The van der Waals surface area contributed by atoms with Gasteiger partial charge in [-0.25, -0.2) is 14.2 Å². The lowest BCUT2D eigenvalue weighted by atomic mass is 10.1. The van der Waals surface area contributed by atoms with Crippen molar-refractivity contribution in [3.63, 3.8) is 0 Å². The van der Waals surface area contributed by atoms with Gasteiger partial charge in [-0.15, -0.1) is 11.3 Å². The van der Waals surface area contributed by atoms with Crippen molar-refractivity contribution in [1.29, 1.82) is 5.26 Å². The highest BCUT2D eigenvalue weighted by Gasteiger charge is 2.18. The molecule has 0 aliphatic heterocycles. The largest absolute Gasteiger partial charge is 0.452 e.